The molecule has 1 N–H and O–H groups in total. The SMILES string of the molecule is CCCCC(=O)[C@]1(C)CCC[C@@H]1O. The van der Waals surface area contributed by atoms with E-state index >= 15 is 0 Å². The molecule has 1 saturated carbocycles. The standard InChI is InChI=1S/C11H20O2/c1-3-4-6-9(12)11(2)8-5-7-10(11)13/h10,13H,3-8H2,1-2H3/t10-,11-/m0/s1. The summed E-state index contributed by atoms with van der Waals surface area (Å²) in [6.07, 6.45) is 4.93. The number of Topliss-reactive ketones (excluding diaryl/α,β-unsaturated/α-hetero) is 1. The van der Waals surface area contributed by atoms with Crippen LogP contribution >= 0.6 is 0 Å². The zero-order valence-electron chi connectivity index (χ0n) is 8.68. The third-order valence-corrected chi connectivity index (χ3v) is 3.30. The van der Waals surface area contributed by atoms with Crippen LogP contribution < -0.4 is 0 Å². The second-order valence-electron chi connectivity index (χ2n) is 4.35. The van der Waals surface area contributed by atoms with E-state index in [0.717, 1.165) is 32.1 Å². The Labute approximate surface area is 80.3 Å². The predicted octanol–water partition coefficient (Wildman–Crippen LogP) is 2.30. The number of rotatable bonds is 4. The van der Waals surface area contributed by atoms with Gasteiger partial charge in [0.2, 0.25) is 0 Å². The molecular formula is C11H20O2. The average molecular weight is 184 g/mol. The highest BCUT2D eigenvalue weighted by Crippen LogP contribution is 2.39. The van der Waals surface area contributed by atoms with Gasteiger partial charge in [0.25, 0.3) is 0 Å². The van der Waals surface area contributed by atoms with E-state index in [0.29, 0.717) is 6.42 Å². The predicted molar refractivity (Wildman–Crippen MR) is 52.5 cm³/mol. The van der Waals surface area contributed by atoms with Gasteiger partial charge in [0, 0.05) is 6.42 Å². The first-order chi connectivity index (χ1) is 6.11. The lowest BCUT2D eigenvalue weighted by molar-refractivity contribution is -0.132. The molecule has 0 bridgehead atoms. The Morgan fingerprint density at radius 2 is 2.31 bits per heavy atom. The van der Waals surface area contributed by atoms with Crippen molar-refractivity contribution in [2.45, 2.75) is 58.5 Å². The maximum Gasteiger partial charge on any atom is 0.141 e. The third-order valence-electron chi connectivity index (χ3n) is 3.30. The van der Waals surface area contributed by atoms with Crippen LogP contribution in [0, 0.1) is 5.41 Å². The van der Waals surface area contributed by atoms with Crippen LogP contribution in [0.15, 0.2) is 0 Å². The molecule has 0 aromatic carbocycles. The van der Waals surface area contributed by atoms with Gasteiger partial charge in [-0.3, -0.25) is 4.79 Å². The van der Waals surface area contributed by atoms with Crippen LogP contribution in [0.3, 0.4) is 0 Å². The topological polar surface area (TPSA) is 37.3 Å². The summed E-state index contributed by atoms with van der Waals surface area (Å²) in [7, 11) is 0. The Morgan fingerprint density at radius 3 is 2.77 bits per heavy atom. The first kappa shape index (κ1) is 10.7. The van der Waals surface area contributed by atoms with Crippen molar-refractivity contribution >= 4 is 5.78 Å². The van der Waals surface area contributed by atoms with E-state index in [1.54, 1.807) is 0 Å². The van der Waals surface area contributed by atoms with Gasteiger partial charge < -0.3 is 5.11 Å². The number of ketones is 1. The molecule has 0 aliphatic heterocycles. The molecule has 2 heteroatoms. The van der Waals surface area contributed by atoms with E-state index in [4.69, 9.17) is 0 Å². The summed E-state index contributed by atoms with van der Waals surface area (Å²) >= 11 is 0. The van der Waals surface area contributed by atoms with Crippen molar-refractivity contribution in [3.05, 3.63) is 0 Å². The van der Waals surface area contributed by atoms with Crippen LogP contribution in [0.4, 0.5) is 0 Å². The van der Waals surface area contributed by atoms with Crippen LogP contribution in [-0.4, -0.2) is 17.0 Å². The summed E-state index contributed by atoms with van der Waals surface area (Å²) in [6.45, 7) is 4.00. The van der Waals surface area contributed by atoms with E-state index in [-0.39, 0.29) is 5.78 Å². The molecule has 0 aromatic heterocycles. The number of aliphatic hydroxyl groups excluding tert-OH is 1. The molecule has 76 valence electrons. The molecule has 0 unspecified atom stereocenters. The fourth-order valence-electron chi connectivity index (χ4n) is 2.10. The lowest BCUT2D eigenvalue weighted by atomic mass is 9.80. The van der Waals surface area contributed by atoms with Crippen molar-refractivity contribution in [2.24, 2.45) is 5.41 Å². The molecule has 0 spiro atoms. The van der Waals surface area contributed by atoms with Gasteiger partial charge in [-0.2, -0.15) is 0 Å². The average Bonchev–Trinajstić information content (AvgIpc) is 2.44. The van der Waals surface area contributed by atoms with Crippen molar-refractivity contribution in [2.75, 3.05) is 0 Å². The summed E-state index contributed by atoms with van der Waals surface area (Å²) in [5.74, 6) is 0.263. The van der Waals surface area contributed by atoms with Gasteiger partial charge in [0.1, 0.15) is 5.78 Å². The van der Waals surface area contributed by atoms with Crippen molar-refractivity contribution in [3.8, 4) is 0 Å². The maximum absolute atomic E-state index is 11.8. The maximum atomic E-state index is 11.8. The second kappa shape index (κ2) is 4.23. The molecule has 1 aliphatic carbocycles. The highest BCUT2D eigenvalue weighted by atomic mass is 16.3. The molecule has 1 rings (SSSR count). The Kier molecular flexibility index (Phi) is 3.48. The van der Waals surface area contributed by atoms with Crippen LogP contribution in [0.25, 0.3) is 0 Å². The second-order valence-corrected chi connectivity index (χ2v) is 4.35. The first-order valence-corrected chi connectivity index (χ1v) is 5.32. The van der Waals surface area contributed by atoms with E-state index in [2.05, 4.69) is 6.92 Å². The normalized spacial score (nSPS) is 33.6. The zero-order chi connectivity index (χ0) is 9.90. The monoisotopic (exact) mass is 184 g/mol. The lowest BCUT2D eigenvalue weighted by Gasteiger charge is -2.26. The van der Waals surface area contributed by atoms with Crippen LogP contribution in [0.5, 0.6) is 0 Å². The molecule has 0 heterocycles. The molecule has 1 fully saturated rings. The molecule has 0 radical (unpaired) electrons. The zero-order valence-corrected chi connectivity index (χ0v) is 8.68. The molecule has 0 saturated heterocycles. The quantitative estimate of drug-likeness (QED) is 0.728. The number of aliphatic hydroxyl groups is 1. The number of unbranched alkanes of at least 4 members (excludes halogenated alkanes) is 1. The van der Waals surface area contributed by atoms with E-state index in [1.807, 2.05) is 6.92 Å². The third kappa shape index (κ3) is 2.11. The fourth-order valence-corrected chi connectivity index (χ4v) is 2.10. The fraction of sp³-hybridized carbons (Fsp3) is 0.909. The molecule has 2 atom stereocenters. The summed E-state index contributed by atoms with van der Waals surface area (Å²) in [5.41, 5.74) is -0.421. The van der Waals surface area contributed by atoms with Gasteiger partial charge in [-0.25, -0.2) is 0 Å². The summed E-state index contributed by atoms with van der Waals surface area (Å²) < 4.78 is 0. The van der Waals surface area contributed by atoms with Crippen LogP contribution in [0.1, 0.15) is 52.4 Å². The molecule has 0 aromatic rings. The summed E-state index contributed by atoms with van der Waals surface area (Å²) in [4.78, 5) is 11.8. The Morgan fingerprint density at radius 1 is 1.62 bits per heavy atom. The van der Waals surface area contributed by atoms with Gasteiger partial charge in [-0.05, 0) is 25.7 Å². The van der Waals surface area contributed by atoms with Gasteiger partial charge in [0.05, 0.1) is 11.5 Å². The lowest BCUT2D eigenvalue weighted by Crippen LogP contribution is -2.35. The minimum absolute atomic E-state index is 0.263. The largest absolute Gasteiger partial charge is 0.392 e. The minimum atomic E-state index is -0.421. The number of carbonyl (C=O) groups excluding carboxylic acids is 1. The van der Waals surface area contributed by atoms with Crippen LogP contribution in [0.2, 0.25) is 0 Å². The Hall–Kier alpha value is -0.370. The number of hydrogen-bond acceptors (Lipinski definition) is 2. The molecule has 1 aliphatic rings. The van der Waals surface area contributed by atoms with Gasteiger partial charge >= 0.3 is 0 Å². The summed E-state index contributed by atoms with van der Waals surface area (Å²) in [6, 6.07) is 0. The highest BCUT2D eigenvalue weighted by Gasteiger charge is 2.42. The Bertz CT molecular complexity index is 189. The highest BCUT2D eigenvalue weighted by molar-refractivity contribution is 5.85. The van der Waals surface area contributed by atoms with Crippen LogP contribution in [-0.2, 0) is 4.79 Å². The number of hydrogen-bond donors (Lipinski definition) is 1. The minimum Gasteiger partial charge on any atom is -0.392 e. The molecule has 0 amide bonds. The first-order valence-electron chi connectivity index (χ1n) is 5.32. The van der Waals surface area contributed by atoms with Crippen molar-refractivity contribution < 1.29 is 9.90 Å². The van der Waals surface area contributed by atoms with E-state index in [1.165, 1.54) is 0 Å². The Balaban J connectivity index is 2.53. The van der Waals surface area contributed by atoms with Crippen molar-refractivity contribution in [1.29, 1.82) is 0 Å². The molecule has 13 heavy (non-hydrogen) atoms. The van der Waals surface area contributed by atoms with Gasteiger partial charge in [0.15, 0.2) is 0 Å². The van der Waals surface area contributed by atoms with Gasteiger partial charge in [-0.15, -0.1) is 0 Å². The van der Waals surface area contributed by atoms with Crippen molar-refractivity contribution in [3.63, 3.8) is 0 Å². The van der Waals surface area contributed by atoms with Gasteiger partial charge in [-0.1, -0.05) is 20.3 Å². The molecule has 2 nitrogen and oxygen atoms in total. The number of carbonyl (C=O) groups is 1. The smallest absolute Gasteiger partial charge is 0.141 e. The van der Waals surface area contributed by atoms with Crippen molar-refractivity contribution in [1.82, 2.24) is 0 Å². The van der Waals surface area contributed by atoms with E-state index in [9.17, 15) is 9.90 Å². The van der Waals surface area contributed by atoms with E-state index < -0.39 is 11.5 Å². The summed E-state index contributed by atoms with van der Waals surface area (Å²) in [5, 5.41) is 9.70. The molecular weight excluding hydrogens is 164 g/mol.